The Kier molecular flexibility index (Phi) is 5.23. The second-order valence-corrected chi connectivity index (χ2v) is 5.02. The van der Waals surface area contributed by atoms with Gasteiger partial charge in [-0.05, 0) is 30.0 Å². The number of aliphatic hydroxyl groups excluding tert-OH is 1. The molecule has 3 N–H and O–H groups in total. The van der Waals surface area contributed by atoms with Crippen molar-refractivity contribution in [3.8, 4) is 0 Å². The molecule has 0 aliphatic carbocycles. The van der Waals surface area contributed by atoms with E-state index in [9.17, 15) is 13.9 Å². The Balaban J connectivity index is 3.16. The van der Waals surface area contributed by atoms with Gasteiger partial charge in [0.05, 0.1) is 6.61 Å². The van der Waals surface area contributed by atoms with E-state index < -0.39 is 17.0 Å². The van der Waals surface area contributed by atoms with Crippen molar-refractivity contribution in [1.82, 2.24) is 0 Å². The molecule has 0 saturated carbocycles. The van der Waals surface area contributed by atoms with Gasteiger partial charge >= 0.3 is 0 Å². The number of nitrogens with two attached hydrogens (primary N) is 1. The van der Waals surface area contributed by atoms with Gasteiger partial charge in [0.25, 0.3) is 0 Å². The van der Waals surface area contributed by atoms with E-state index in [2.05, 4.69) is 0 Å². The molecule has 1 rings (SSSR count). The number of benzene rings is 1. The van der Waals surface area contributed by atoms with Gasteiger partial charge in [-0.25, -0.2) is 8.78 Å². The van der Waals surface area contributed by atoms with Gasteiger partial charge in [-0.1, -0.05) is 20.3 Å². The average Bonchev–Trinajstić information content (AvgIpc) is 2.34. The van der Waals surface area contributed by atoms with Crippen LogP contribution in [0.1, 0.15) is 32.3 Å². The summed E-state index contributed by atoms with van der Waals surface area (Å²) in [4.78, 5) is 0. The highest BCUT2D eigenvalue weighted by molar-refractivity contribution is 5.28. The Morgan fingerprint density at radius 1 is 1.28 bits per heavy atom. The zero-order valence-electron chi connectivity index (χ0n) is 10.9. The van der Waals surface area contributed by atoms with Crippen molar-refractivity contribution in [2.75, 3.05) is 13.2 Å². The third kappa shape index (κ3) is 3.27. The first-order chi connectivity index (χ1) is 8.47. The van der Waals surface area contributed by atoms with Gasteiger partial charge in [0, 0.05) is 18.0 Å². The van der Waals surface area contributed by atoms with Crippen molar-refractivity contribution in [2.45, 2.75) is 32.1 Å². The van der Waals surface area contributed by atoms with E-state index in [0.717, 1.165) is 12.5 Å². The Bertz CT molecular complexity index is 371. The molecule has 0 spiro atoms. The fraction of sp³-hybridized carbons (Fsp3) is 0.571. The van der Waals surface area contributed by atoms with Gasteiger partial charge in [-0.3, -0.25) is 0 Å². The topological polar surface area (TPSA) is 46.2 Å². The summed E-state index contributed by atoms with van der Waals surface area (Å²) >= 11 is 0. The standard InChI is InChI=1S/C14H21F2NO/c1-3-10(2)7-14(8-17,9-18)11-4-12(15)6-13(16)5-11/h4-6,10,18H,3,7-9,17H2,1-2H3. The SMILES string of the molecule is CCC(C)CC(CN)(CO)c1cc(F)cc(F)c1. The van der Waals surface area contributed by atoms with E-state index in [-0.39, 0.29) is 13.2 Å². The summed E-state index contributed by atoms with van der Waals surface area (Å²) in [6, 6.07) is 3.34. The molecule has 0 radical (unpaired) electrons. The van der Waals surface area contributed by atoms with Gasteiger partial charge < -0.3 is 10.8 Å². The maximum absolute atomic E-state index is 13.3. The van der Waals surface area contributed by atoms with Crippen LogP contribution in [0.15, 0.2) is 18.2 Å². The summed E-state index contributed by atoms with van der Waals surface area (Å²) in [6.45, 7) is 4.03. The van der Waals surface area contributed by atoms with Crippen molar-refractivity contribution in [3.05, 3.63) is 35.4 Å². The summed E-state index contributed by atoms with van der Waals surface area (Å²) in [5.74, 6) is -0.951. The second kappa shape index (κ2) is 6.25. The minimum atomic E-state index is -0.766. The van der Waals surface area contributed by atoms with Crippen LogP contribution in [0, 0.1) is 17.6 Å². The Hall–Kier alpha value is -1.00. The van der Waals surface area contributed by atoms with Gasteiger partial charge in [0.1, 0.15) is 11.6 Å². The summed E-state index contributed by atoms with van der Waals surface area (Å²) in [5.41, 5.74) is 5.42. The third-order valence-corrected chi connectivity index (χ3v) is 3.60. The van der Waals surface area contributed by atoms with Crippen molar-refractivity contribution in [2.24, 2.45) is 11.7 Å². The predicted octanol–water partition coefficient (Wildman–Crippen LogP) is 2.59. The van der Waals surface area contributed by atoms with Crippen LogP contribution in [0.3, 0.4) is 0 Å². The fourth-order valence-electron chi connectivity index (χ4n) is 2.21. The van der Waals surface area contributed by atoms with Crippen LogP contribution < -0.4 is 5.73 Å². The fourth-order valence-corrected chi connectivity index (χ4v) is 2.21. The molecule has 0 aliphatic rings. The Labute approximate surface area is 107 Å². The van der Waals surface area contributed by atoms with E-state index in [1.54, 1.807) is 0 Å². The minimum absolute atomic E-state index is 0.163. The maximum Gasteiger partial charge on any atom is 0.126 e. The van der Waals surface area contributed by atoms with Gasteiger partial charge in [-0.15, -0.1) is 0 Å². The normalized spacial score (nSPS) is 16.3. The molecule has 1 aromatic carbocycles. The lowest BCUT2D eigenvalue weighted by Gasteiger charge is -2.33. The molecular weight excluding hydrogens is 236 g/mol. The predicted molar refractivity (Wildman–Crippen MR) is 68.2 cm³/mol. The average molecular weight is 257 g/mol. The van der Waals surface area contributed by atoms with Crippen LogP contribution in [-0.2, 0) is 5.41 Å². The van der Waals surface area contributed by atoms with Crippen LogP contribution in [0.5, 0.6) is 0 Å². The summed E-state index contributed by atoms with van der Waals surface area (Å²) in [6.07, 6.45) is 1.54. The van der Waals surface area contributed by atoms with E-state index >= 15 is 0 Å². The molecule has 18 heavy (non-hydrogen) atoms. The highest BCUT2D eigenvalue weighted by atomic mass is 19.1. The third-order valence-electron chi connectivity index (χ3n) is 3.60. The highest BCUT2D eigenvalue weighted by Gasteiger charge is 2.32. The number of rotatable bonds is 6. The first-order valence-corrected chi connectivity index (χ1v) is 6.25. The summed E-state index contributed by atoms with van der Waals surface area (Å²) < 4.78 is 26.6. The number of hydrogen-bond donors (Lipinski definition) is 2. The highest BCUT2D eigenvalue weighted by Crippen LogP contribution is 2.32. The monoisotopic (exact) mass is 257 g/mol. The molecule has 4 heteroatoms. The van der Waals surface area contributed by atoms with Gasteiger partial charge in [0.2, 0.25) is 0 Å². The number of hydrogen-bond acceptors (Lipinski definition) is 2. The zero-order chi connectivity index (χ0) is 13.8. The molecule has 2 nitrogen and oxygen atoms in total. The van der Waals surface area contributed by atoms with Crippen LogP contribution in [0.25, 0.3) is 0 Å². The molecule has 0 aromatic heterocycles. The second-order valence-electron chi connectivity index (χ2n) is 5.02. The molecule has 2 atom stereocenters. The molecular formula is C14H21F2NO. The van der Waals surface area contributed by atoms with Gasteiger partial charge in [-0.2, -0.15) is 0 Å². The van der Waals surface area contributed by atoms with Gasteiger partial charge in [0.15, 0.2) is 0 Å². The number of halogens is 2. The van der Waals surface area contributed by atoms with Crippen molar-refractivity contribution < 1.29 is 13.9 Å². The summed E-state index contributed by atoms with van der Waals surface area (Å²) in [5, 5.41) is 9.63. The Morgan fingerprint density at radius 3 is 2.22 bits per heavy atom. The first-order valence-electron chi connectivity index (χ1n) is 6.25. The van der Waals surface area contributed by atoms with E-state index in [0.29, 0.717) is 17.9 Å². The van der Waals surface area contributed by atoms with Crippen LogP contribution >= 0.6 is 0 Å². The minimum Gasteiger partial charge on any atom is -0.395 e. The molecule has 0 saturated heterocycles. The molecule has 0 fully saturated rings. The van der Waals surface area contributed by atoms with E-state index in [1.807, 2.05) is 13.8 Å². The molecule has 1 aromatic rings. The van der Waals surface area contributed by atoms with Crippen LogP contribution in [0.2, 0.25) is 0 Å². The quantitative estimate of drug-likeness (QED) is 0.822. The molecule has 102 valence electrons. The number of aliphatic hydroxyl groups is 1. The van der Waals surface area contributed by atoms with Crippen molar-refractivity contribution in [1.29, 1.82) is 0 Å². The molecule has 0 amide bonds. The van der Waals surface area contributed by atoms with Crippen molar-refractivity contribution >= 4 is 0 Å². The van der Waals surface area contributed by atoms with Crippen LogP contribution in [0.4, 0.5) is 8.78 Å². The molecule has 2 unspecified atom stereocenters. The molecule has 0 heterocycles. The summed E-state index contributed by atoms with van der Waals surface area (Å²) in [7, 11) is 0. The first kappa shape index (κ1) is 15.1. The van der Waals surface area contributed by atoms with Crippen molar-refractivity contribution in [3.63, 3.8) is 0 Å². The Morgan fingerprint density at radius 2 is 1.83 bits per heavy atom. The lowest BCUT2D eigenvalue weighted by molar-refractivity contribution is 0.170. The molecule has 0 aliphatic heterocycles. The lowest BCUT2D eigenvalue weighted by Crippen LogP contribution is -2.40. The van der Waals surface area contributed by atoms with Crippen LogP contribution in [-0.4, -0.2) is 18.3 Å². The maximum atomic E-state index is 13.3. The smallest absolute Gasteiger partial charge is 0.126 e. The van der Waals surface area contributed by atoms with E-state index in [4.69, 9.17) is 5.73 Å². The largest absolute Gasteiger partial charge is 0.395 e. The van der Waals surface area contributed by atoms with E-state index in [1.165, 1.54) is 12.1 Å². The lowest BCUT2D eigenvalue weighted by atomic mass is 9.74. The molecule has 0 bridgehead atoms. The zero-order valence-corrected chi connectivity index (χ0v) is 10.9.